The average Bonchev–Trinajstić information content (AvgIpc) is 2.52. The molecule has 2 N–H and O–H groups in total. The fraction of sp³-hybridized carbons (Fsp3) is 0.375. The quantitative estimate of drug-likeness (QED) is 0.827. The summed E-state index contributed by atoms with van der Waals surface area (Å²) in [6.45, 7) is 0.905. The molecule has 0 atom stereocenters. The summed E-state index contributed by atoms with van der Waals surface area (Å²) in [5.41, 5.74) is 0.687. The van der Waals surface area contributed by atoms with Gasteiger partial charge in [0.2, 0.25) is 5.91 Å². The number of aliphatic carboxylic acids is 1. The van der Waals surface area contributed by atoms with Crippen molar-refractivity contribution in [2.75, 3.05) is 20.2 Å². The number of aromatic hydroxyl groups is 1. The third kappa shape index (κ3) is 3.78. The number of benzene rings is 1. The van der Waals surface area contributed by atoms with Crippen LogP contribution in [-0.2, 0) is 9.59 Å². The van der Waals surface area contributed by atoms with Crippen LogP contribution in [0.1, 0.15) is 18.4 Å². The van der Waals surface area contributed by atoms with Crippen molar-refractivity contribution in [1.82, 2.24) is 4.90 Å². The summed E-state index contributed by atoms with van der Waals surface area (Å²) in [7, 11) is 1.47. The molecular formula is C16H19NO5. The maximum absolute atomic E-state index is 12.1. The molecule has 0 aromatic heterocycles. The topological polar surface area (TPSA) is 87.1 Å². The van der Waals surface area contributed by atoms with Crippen LogP contribution in [0.25, 0.3) is 6.08 Å². The summed E-state index contributed by atoms with van der Waals surface area (Å²) in [6, 6.07) is 4.87. The molecule has 1 fully saturated rings. The number of hydrogen-bond donors (Lipinski definition) is 2. The molecule has 0 aliphatic carbocycles. The molecule has 0 saturated carbocycles. The highest BCUT2D eigenvalue weighted by Gasteiger charge is 2.25. The molecule has 6 heteroatoms. The van der Waals surface area contributed by atoms with Gasteiger partial charge in [-0.15, -0.1) is 0 Å². The Bertz CT molecular complexity index is 588. The lowest BCUT2D eigenvalue weighted by Crippen LogP contribution is -2.39. The molecule has 1 aliphatic rings. The zero-order chi connectivity index (χ0) is 16.1. The number of piperidine rings is 1. The first kappa shape index (κ1) is 15.9. The standard InChI is InChI=1S/C16H19NO5/c1-22-14-4-2-11(10-13(14)18)3-5-15(19)17-8-6-12(7-9-17)16(20)21/h2-5,10,12,18H,6-9H2,1H3,(H,20,21). The van der Waals surface area contributed by atoms with Crippen LogP contribution >= 0.6 is 0 Å². The number of carbonyl (C=O) groups is 2. The number of carboxylic acids is 1. The molecule has 22 heavy (non-hydrogen) atoms. The summed E-state index contributed by atoms with van der Waals surface area (Å²) in [4.78, 5) is 24.6. The lowest BCUT2D eigenvalue weighted by Gasteiger charge is -2.29. The van der Waals surface area contributed by atoms with Gasteiger partial charge in [-0.1, -0.05) is 6.07 Å². The van der Waals surface area contributed by atoms with Gasteiger partial charge in [-0.25, -0.2) is 0 Å². The van der Waals surface area contributed by atoms with Crippen LogP contribution in [0.4, 0.5) is 0 Å². The number of nitrogens with zero attached hydrogens (tertiary/aromatic N) is 1. The second-order valence-corrected chi connectivity index (χ2v) is 5.20. The van der Waals surface area contributed by atoms with Gasteiger partial charge < -0.3 is 19.8 Å². The van der Waals surface area contributed by atoms with Crippen LogP contribution in [0.3, 0.4) is 0 Å². The summed E-state index contributed by atoms with van der Waals surface area (Å²) in [5, 5.41) is 18.6. The Balaban J connectivity index is 1.94. The molecule has 0 unspecified atom stereocenters. The highest BCUT2D eigenvalue weighted by atomic mass is 16.5. The van der Waals surface area contributed by atoms with E-state index < -0.39 is 5.97 Å². The maximum Gasteiger partial charge on any atom is 0.306 e. The van der Waals surface area contributed by atoms with Crippen molar-refractivity contribution in [3.05, 3.63) is 29.8 Å². The minimum absolute atomic E-state index is 0.0133. The molecule has 118 valence electrons. The number of amides is 1. The van der Waals surface area contributed by atoms with Crippen LogP contribution in [0.5, 0.6) is 11.5 Å². The van der Waals surface area contributed by atoms with Crippen LogP contribution in [0.15, 0.2) is 24.3 Å². The Hall–Kier alpha value is -2.50. The Labute approximate surface area is 128 Å². The zero-order valence-corrected chi connectivity index (χ0v) is 12.4. The normalized spacial score (nSPS) is 16.0. The number of likely N-dealkylation sites (tertiary alicyclic amines) is 1. The molecular weight excluding hydrogens is 286 g/mol. The third-order valence-electron chi connectivity index (χ3n) is 3.78. The predicted molar refractivity (Wildman–Crippen MR) is 80.6 cm³/mol. The van der Waals surface area contributed by atoms with Crippen molar-refractivity contribution in [3.63, 3.8) is 0 Å². The fourth-order valence-corrected chi connectivity index (χ4v) is 2.43. The van der Waals surface area contributed by atoms with E-state index in [2.05, 4.69) is 0 Å². The molecule has 1 aromatic rings. The van der Waals surface area contributed by atoms with E-state index in [1.165, 1.54) is 19.3 Å². The van der Waals surface area contributed by atoms with Gasteiger partial charge in [0.25, 0.3) is 0 Å². The maximum atomic E-state index is 12.1. The summed E-state index contributed by atoms with van der Waals surface area (Å²) in [6.07, 6.45) is 4.02. The Morgan fingerprint density at radius 3 is 2.55 bits per heavy atom. The Morgan fingerprint density at radius 1 is 1.32 bits per heavy atom. The zero-order valence-electron chi connectivity index (χ0n) is 12.4. The number of methoxy groups -OCH3 is 1. The van der Waals surface area contributed by atoms with E-state index in [4.69, 9.17) is 9.84 Å². The van der Waals surface area contributed by atoms with Crippen LogP contribution in [0, 0.1) is 5.92 Å². The van der Waals surface area contributed by atoms with Crippen LogP contribution in [-0.4, -0.2) is 47.2 Å². The highest BCUT2D eigenvalue weighted by Crippen LogP contribution is 2.26. The summed E-state index contributed by atoms with van der Waals surface area (Å²) >= 11 is 0. The third-order valence-corrected chi connectivity index (χ3v) is 3.78. The molecule has 1 saturated heterocycles. The molecule has 1 amide bonds. The fourth-order valence-electron chi connectivity index (χ4n) is 2.43. The van der Waals surface area contributed by atoms with Crippen molar-refractivity contribution < 1.29 is 24.5 Å². The van der Waals surface area contributed by atoms with E-state index in [0.29, 0.717) is 37.2 Å². The Morgan fingerprint density at radius 2 is 2.00 bits per heavy atom. The van der Waals surface area contributed by atoms with Crippen molar-refractivity contribution in [2.45, 2.75) is 12.8 Å². The van der Waals surface area contributed by atoms with Gasteiger partial charge in [-0.2, -0.15) is 0 Å². The largest absolute Gasteiger partial charge is 0.504 e. The van der Waals surface area contributed by atoms with Gasteiger partial charge >= 0.3 is 5.97 Å². The van der Waals surface area contributed by atoms with E-state index in [-0.39, 0.29) is 17.6 Å². The monoisotopic (exact) mass is 305 g/mol. The van der Waals surface area contributed by atoms with Crippen molar-refractivity contribution in [1.29, 1.82) is 0 Å². The van der Waals surface area contributed by atoms with E-state index >= 15 is 0 Å². The summed E-state index contributed by atoms with van der Waals surface area (Å²) in [5.74, 6) is -0.916. The molecule has 0 bridgehead atoms. The lowest BCUT2D eigenvalue weighted by molar-refractivity contribution is -0.144. The summed E-state index contributed by atoms with van der Waals surface area (Å²) < 4.78 is 4.95. The number of carbonyl (C=O) groups excluding carboxylic acids is 1. The van der Waals surface area contributed by atoms with E-state index in [1.807, 2.05) is 0 Å². The second-order valence-electron chi connectivity index (χ2n) is 5.20. The molecule has 6 nitrogen and oxygen atoms in total. The van der Waals surface area contributed by atoms with Gasteiger partial charge in [-0.3, -0.25) is 9.59 Å². The first-order chi connectivity index (χ1) is 10.5. The van der Waals surface area contributed by atoms with Crippen LogP contribution in [0.2, 0.25) is 0 Å². The van der Waals surface area contributed by atoms with Crippen molar-refractivity contribution in [3.8, 4) is 11.5 Å². The lowest BCUT2D eigenvalue weighted by atomic mass is 9.97. The van der Waals surface area contributed by atoms with Gasteiger partial charge in [0.1, 0.15) is 0 Å². The molecule has 1 aliphatic heterocycles. The number of hydrogen-bond acceptors (Lipinski definition) is 4. The molecule has 1 aromatic carbocycles. The van der Waals surface area contributed by atoms with Crippen molar-refractivity contribution >= 4 is 18.0 Å². The first-order valence-corrected chi connectivity index (χ1v) is 7.08. The number of carboxylic acid groups (broad SMARTS) is 1. The Kier molecular flexibility index (Phi) is 5.04. The second kappa shape index (κ2) is 6.98. The van der Waals surface area contributed by atoms with E-state index in [9.17, 15) is 14.7 Å². The molecule has 2 rings (SSSR count). The number of ether oxygens (including phenoxy) is 1. The smallest absolute Gasteiger partial charge is 0.306 e. The highest BCUT2D eigenvalue weighted by molar-refractivity contribution is 5.92. The van der Waals surface area contributed by atoms with E-state index in [1.54, 1.807) is 23.1 Å². The predicted octanol–water partition coefficient (Wildman–Crippen LogP) is 1.74. The molecule has 0 radical (unpaired) electrons. The number of rotatable bonds is 4. The number of phenolic OH excluding ortho intramolecular Hbond substituents is 1. The van der Waals surface area contributed by atoms with Crippen molar-refractivity contribution in [2.24, 2.45) is 5.92 Å². The minimum Gasteiger partial charge on any atom is -0.504 e. The average molecular weight is 305 g/mol. The van der Waals surface area contributed by atoms with Gasteiger partial charge in [0.05, 0.1) is 13.0 Å². The van der Waals surface area contributed by atoms with Gasteiger partial charge in [0.15, 0.2) is 11.5 Å². The van der Waals surface area contributed by atoms with E-state index in [0.717, 1.165) is 0 Å². The minimum atomic E-state index is -0.795. The SMILES string of the molecule is COc1ccc(C=CC(=O)N2CCC(C(=O)O)CC2)cc1O. The van der Waals surface area contributed by atoms with Crippen LogP contribution < -0.4 is 4.74 Å². The first-order valence-electron chi connectivity index (χ1n) is 7.08. The molecule has 1 heterocycles. The molecule has 0 spiro atoms. The van der Waals surface area contributed by atoms with Gasteiger partial charge in [0, 0.05) is 19.2 Å². The number of phenols is 1. The van der Waals surface area contributed by atoms with Gasteiger partial charge in [-0.05, 0) is 36.6 Å².